The van der Waals surface area contributed by atoms with Crippen LogP contribution in [0.25, 0.3) is 0 Å². The first-order chi connectivity index (χ1) is 13.1. The van der Waals surface area contributed by atoms with Gasteiger partial charge in [0.25, 0.3) is 0 Å². The Kier molecular flexibility index (Phi) is 6.92. The summed E-state index contributed by atoms with van der Waals surface area (Å²) in [6.45, 7) is 5.67. The summed E-state index contributed by atoms with van der Waals surface area (Å²) in [7, 11) is 0. The molecule has 0 saturated heterocycles. The van der Waals surface area contributed by atoms with Gasteiger partial charge < -0.3 is 9.47 Å². The van der Waals surface area contributed by atoms with E-state index in [1.54, 1.807) is 0 Å². The number of hydrogen-bond donors (Lipinski definition) is 0. The van der Waals surface area contributed by atoms with Crippen molar-refractivity contribution in [3.63, 3.8) is 0 Å². The Balaban J connectivity index is 1.59. The SMILES string of the molecule is CC(C)C(COCc1cccc(Oc2ccccc2)c1)c1ccc(Cl)cc1. The van der Waals surface area contributed by atoms with Gasteiger partial charge in [0.2, 0.25) is 0 Å². The molecular weight excluding hydrogens is 356 g/mol. The summed E-state index contributed by atoms with van der Waals surface area (Å²) in [5.74, 6) is 2.48. The minimum Gasteiger partial charge on any atom is -0.457 e. The van der Waals surface area contributed by atoms with Crippen molar-refractivity contribution >= 4 is 11.6 Å². The quantitative estimate of drug-likeness (QED) is 0.415. The van der Waals surface area contributed by atoms with Crippen molar-refractivity contribution in [2.24, 2.45) is 5.92 Å². The highest BCUT2D eigenvalue weighted by atomic mass is 35.5. The van der Waals surface area contributed by atoms with Crippen molar-refractivity contribution in [1.82, 2.24) is 0 Å². The van der Waals surface area contributed by atoms with E-state index in [1.165, 1.54) is 5.56 Å². The zero-order chi connectivity index (χ0) is 19.1. The van der Waals surface area contributed by atoms with Crippen molar-refractivity contribution < 1.29 is 9.47 Å². The Labute approximate surface area is 166 Å². The third-order valence-corrected chi connectivity index (χ3v) is 4.80. The molecule has 0 radical (unpaired) electrons. The molecule has 0 bridgehead atoms. The van der Waals surface area contributed by atoms with E-state index in [1.807, 2.05) is 60.7 Å². The highest BCUT2D eigenvalue weighted by Crippen LogP contribution is 2.27. The van der Waals surface area contributed by atoms with E-state index in [2.05, 4.69) is 32.0 Å². The van der Waals surface area contributed by atoms with Crippen LogP contribution in [0.2, 0.25) is 5.02 Å². The monoisotopic (exact) mass is 380 g/mol. The molecule has 27 heavy (non-hydrogen) atoms. The van der Waals surface area contributed by atoms with Crippen molar-refractivity contribution in [1.29, 1.82) is 0 Å². The Hall–Kier alpha value is -2.29. The first-order valence-electron chi connectivity index (χ1n) is 9.27. The molecule has 3 heteroatoms. The van der Waals surface area contributed by atoms with Crippen LogP contribution in [0.5, 0.6) is 11.5 Å². The second-order valence-corrected chi connectivity index (χ2v) is 7.42. The molecule has 0 heterocycles. The van der Waals surface area contributed by atoms with Crippen molar-refractivity contribution in [2.75, 3.05) is 6.61 Å². The summed E-state index contributed by atoms with van der Waals surface area (Å²) in [5.41, 5.74) is 2.36. The second-order valence-electron chi connectivity index (χ2n) is 6.98. The molecule has 0 aliphatic rings. The molecule has 1 unspecified atom stereocenters. The maximum Gasteiger partial charge on any atom is 0.127 e. The molecule has 3 rings (SSSR count). The normalized spacial score (nSPS) is 12.1. The van der Waals surface area contributed by atoms with Gasteiger partial charge in [-0.2, -0.15) is 0 Å². The molecule has 0 aliphatic carbocycles. The summed E-state index contributed by atoms with van der Waals surface area (Å²) in [6, 6.07) is 25.9. The van der Waals surface area contributed by atoms with E-state index in [0.29, 0.717) is 25.0 Å². The number of rotatable bonds is 8. The van der Waals surface area contributed by atoms with E-state index in [9.17, 15) is 0 Å². The molecule has 140 valence electrons. The second kappa shape index (κ2) is 9.59. The van der Waals surface area contributed by atoms with E-state index >= 15 is 0 Å². The van der Waals surface area contributed by atoms with Crippen molar-refractivity contribution in [3.8, 4) is 11.5 Å². The third-order valence-electron chi connectivity index (χ3n) is 4.55. The topological polar surface area (TPSA) is 18.5 Å². The zero-order valence-electron chi connectivity index (χ0n) is 15.8. The summed E-state index contributed by atoms with van der Waals surface area (Å²) in [4.78, 5) is 0. The van der Waals surface area contributed by atoms with Crippen LogP contribution < -0.4 is 4.74 Å². The average Bonchev–Trinajstić information content (AvgIpc) is 2.67. The van der Waals surface area contributed by atoms with Gasteiger partial charge in [-0.15, -0.1) is 0 Å². The number of ether oxygens (including phenoxy) is 2. The van der Waals surface area contributed by atoms with Crippen LogP contribution in [0.1, 0.15) is 30.9 Å². The van der Waals surface area contributed by atoms with Gasteiger partial charge >= 0.3 is 0 Å². The summed E-state index contributed by atoms with van der Waals surface area (Å²) in [5, 5.41) is 0.761. The van der Waals surface area contributed by atoms with E-state index in [-0.39, 0.29) is 0 Å². The Morgan fingerprint density at radius 1 is 0.815 bits per heavy atom. The maximum atomic E-state index is 6.04. The zero-order valence-corrected chi connectivity index (χ0v) is 16.5. The molecule has 3 aromatic carbocycles. The number of hydrogen-bond acceptors (Lipinski definition) is 2. The molecule has 3 aromatic rings. The molecule has 0 aliphatic heterocycles. The highest BCUT2D eigenvalue weighted by Gasteiger charge is 2.16. The van der Waals surface area contributed by atoms with E-state index < -0.39 is 0 Å². The van der Waals surface area contributed by atoms with Gasteiger partial charge in [0.15, 0.2) is 0 Å². The lowest BCUT2D eigenvalue weighted by Crippen LogP contribution is -2.14. The molecule has 0 spiro atoms. The van der Waals surface area contributed by atoms with Crippen LogP contribution in [0.15, 0.2) is 78.9 Å². The standard InChI is InChI=1S/C24H25ClO2/c1-18(2)24(20-11-13-21(25)14-12-20)17-26-16-19-7-6-10-23(15-19)27-22-8-4-3-5-9-22/h3-15,18,24H,16-17H2,1-2H3. The lowest BCUT2D eigenvalue weighted by Gasteiger charge is -2.21. The summed E-state index contributed by atoms with van der Waals surface area (Å²) in [6.07, 6.45) is 0. The van der Waals surface area contributed by atoms with Crippen LogP contribution >= 0.6 is 11.6 Å². The van der Waals surface area contributed by atoms with Crippen LogP contribution in [0, 0.1) is 5.92 Å². The Morgan fingerprint density at radius 3 is 2.22 bits per heavy atom. The first kappa shape index (κ1) is 19.5. The smallest absolute Gasteiger partial charge is 0.127 e. The fraction of sp³-hybridized carbons (Fsp3) is 0.250. The molecular formula is C24H25ClO2. The molecule has 2 nitrogen and oxygen atoms in total. The fourth-order valence-corrected chi connectivity index (χ4v) is 3.14. The van der Waals surface area contributed by atoms with Crippen LogP contribution in [0.4, 0.5) is 0 Å². The summed E-state index contributed by atoms with van der Waals surface area (Å²) >= 11 is 6.01. The Bertz CT molecular complexity index is 829. The van der Waals surface area contributed by atoms with Crippen molar-refractivity contribution in [3.05, 3.63) is 95.0 Å². The molecule has 0 N–H and O–H groups in total. The van der Waals surface area contributed by atoms with E-state index in [0.717, 1.165) is 22.1 Å². The Morgan fingerprint density at radius 2 is 1.52 bits per heavy atom. The predicted molar refractivity (Wildman–Crippen MR) is 112 cm³/mol. The molecule has 0 aromatic heterocycles. The molecule has 0 amide bonds. The maximum absolute atomic E-state index is 6.04. The van der Waals surface area contributed by atoms with Gasteiger partial charge in [-0.1, -0.05) is 67.9 Å². The van der Waals surface area contributed by atoms with Crippen LogP contribution in [0.3, 0.4) is 0 Å². The number of halogens is 1. The number of para-hydroxylation sites is 1. The predicted octanol–water partition coefficient (Wildman–Crippen LogP) is 7.09. The van der Waals surface area contributed by atoms with Crippen LogP contribution in [-0.4, -0.2) is 6.61 Å². The lowest BCUT2D eigenvalue weighted by atomic mass is 9.89. The van der Waals surface area contributed by atoms with Gasteiger partial charge in [-0.05, 0) is 53.4 Å². The highest BCUT2D eigenvalue weighted by molar-refractivity contribution is 6.30. The summed E-state index contributed by atoms with van der Waals surface area (Å²) < 4.78 is 11.9. The third kappa shape index (κ3) is 5.85. The van der Waals surface area contributed by atoms with Gasteiger partial charge in [0.05, 0.1) is 13.2 Å². The van der Waals surface area contributed by atoms with Crippen LogP contribution in [-0.2, 0) is 11.3 Å². The van der Waals surface area contributed by atoms with Crippen molar-refractivity contribution in [2.45, 2.75) is 26.4 Å². The van der Waals surface area contributed by atoms with Gasteiger partial charge in [-0.25, -0.2) is 0 Å². The molecule has 0 fully saturated rings. The largest absolute Gasteiger partial charge is 0.457 e. The number of benzene rings is 3. The first-order valence-corrected chi connectivity index (χ1v) is 9.64. The molecule has 1 atom stereocenters. The van der Waals surface area contributed by atoms with Gasteiger partial charge in [0, 0.05) is 10.9 Å². The van der Waals surface area contributed by atoms with Gasteiger partial charge in [-0.3, -0.25) is 0 Å². The lowest BCUT2D eigenvalue weighted by molar-refractivity contribution is 0.0957. The minimum atomic E-state index is 0.339. The van der Waals surface area contributed by atoms with Gasteiger partial charge in [0.1, 0.15) is 11.5 Å². The molecule has 0 saturated carbocycles. The average molecular weight is 381 g/mol. The van der Waals surface area contributed by atoms with E-state index in [4.69, 9.17) is 21.1 Å². The minimum absolute atomic E-state index is 0.339. The fourth-order valence-electron chi connectivity index (χ4n) is 3.01.